The van der Waals surface area contributed by atoms with Crippen LogP contribution >= 0.6 is 11.3 Å². The summed E-state index contributed by atoms with van der Waals surface area (Å²) in [6, 6.07) is 5.89. The lowest BCUT2D eigenvalue weighted by molar-refractivity contribution is -0.128. The molecule has 4 N–H and O–H groups in total. The van der Waals surface area contributed by atoms with Crippen LogP contribution in [0.1, 0.15) is 38.1 Å². The van der Waals surface area contributed by atoms with Gasteiger partial charge in [-0.25, -0.2) is 9.97 Å². The molecule has 1 saturated carbocycles. The zero-order chi connectivity index (χ0) is 22.8. The summed E-state index contributed by atoms with van der Waals surface area (Å²) >= 11 is 1.75. The van der Waals surface area contributed by atoms with Crippen molar-refractivity contribution in [2.75, 3.05) is 11.9 Å². The molecule has 0 saturated heterocycles. The normalized spacial score (nSPS) is 24.2. The quantitative estimate of drug-likeness (QED) is 0.414. The molecule has 1 amide bonds. The predicted molar refractivity (Wildman–Crippen MR) is 126 cm³/mol. The lowest BCUT2D eigenvalue weighted by Crippen LogP contribution is -2.38. The summed E-state index contributed by atoms with van der Waals surface area (Å²) in [5.41, 5.74) is 2.23. The average Bonchev–Trinajstić information content (AvgIpc) is 3.49. The molecule has 0 aromatic carbocycles. The smallest absolute Gasteiger partial charge is 0.225 e. The number of hydrogen-bond acceptors (Lipinski definition) is 7. The number of aliphatic hydroxyl groups excluding tert-OH is 2. The summed E-state index contributed by atoms with van der Waals surface area (Å²) in [5, 5.41) is 29.6. The average molecular weight is 458 g/mol. The Balaban J connectivity index is 1.60. The molecule has 3 aromatic heterocycles. The number of hydrogen-bond donors (Lipinski definition) is 4. The summed E-state index contributed by atoms with van der Waals surface area (Å²) < 4.78 is 1.79. The minimum Gasteiger partial charge on any atom is -0.390 e. The van der Waals surface area contributed by atoms with Crippen molar-refractivity contribution in [1.29, 1.82) is 0 Å². The lowest BCUT2D eigenvalue weighted by atomic mass is 9.99. The molecule has 0 spiro atoms. The Kier molecular flexibility index (Phi) is 6.78. The number of amides is 1. The van der Waals surface area contributed by atoms with Crippen LogP contribution in [0, 0.1) is 11.8 Å². The summed E-state index contributed by atoms with van der Waals surface area (Å²) in [5.74, 6) is -0.494. The summed E-state index contributed by atoms with van der Waals surface area (Å²) in [7, 11) is 0. The van der Waals surface area contributed by atoms with Gasteiger partial charge in [-0.3, -0.25) is 4.79 Å². The SMILES string of the molecule is CCNC(=O)[C@H]1C[C@@H](n2cnc3c(NC(Cc4cccs4)C(C)C)ccnc32)[C@H](O)[C@@H]1O. The summed E-state index contributed by atoms with van der Waals surface area (Å²) in [6.45, 7) is 6.70. The first kappa shape index (κ1) is 22.7. The molecular weight excluding hydrogens is 426 g/mol. The number of nitrogens with zero attached hydrogens (tertiary/aromatic N) is 3. The molecule has 0 radical (unpaired) electrons. The number of nitrogens with one attached hydrogen (secondary N) is 2. The predicted octanol–water partition coefficient (Wildman–Crippen LogP) is 2.59. The third-order valence-electron chi connectivity index (χ3n) is 6.30. The monoisotopic (exact) mass is 457 g/mol. The number of carbonyl (C=O) groups excluding carboxylic acids is 1. The highest BCUT2D eigenvalue weighted by Crippen LogP contribution is 2.37. The molecule has 3 heterocycles. The Morgan fingerprint density at radius 2 is 2.09 bits per heavy atom. The fourth-order valence-electron chi connectivity index (χ4n) is 4.44. The Morgan fingerprint density at radius 3 is 2.78 bits per heavy atom. The van der Waals surface area contributed by atoms with Crippen LogP contribution in [0.2, 0.25) is 0 Å². The van der Waals surface area contributed by atoms with Crippen LogP contribution < -0.4 is 10.6 Å². The Hall–Kier alpha value is -2.49. The van der Waals surface area contributed by atoms with Crippen LogP contribution in [0.15, 0.2) is 36.1 Å². The largest absolute Gasteiger partial charge is 0.390 e. The van der Waals surface area contributed by atoms with Gasteiger partial charge in [-0.15, -0.1) is 11.3 Å². The minimum absolute atomic E-state index is 0.227. The Morgan fingerprint density at radius 1 is 1.28 bits per heavy atom. The molecule has 1 unspecified atom stereocenters. The molecule has 0 aliphatic heterocycles. The van der Waals surface area contributed by atoms with E-state index in [1.165, 1.54) is 4.88 Å². The summed E-state index contributed by atoms with van der Waals surface area (Å²) in [4.78, 5) is 22.7. The van der Waals surface area contributed by atoms with Crippen molar-refractivity contribution in [3.63, 3.8) is 0 Å². The standard InChI is InChI=1S/C23H31N5O3S/c1-4-24-23(31)15-11-18(21(30)20(15)29)28-12-26-19-16(7-8-25-22(19)28)27-17(13(2)3)10-14-6-5-9-32-14/h5-9,12-13,15,17-18,20-21,29-30H,4,10-11H2,1-3H3,(H,24,31)(H,25,27)/t15-,17?,18+,20+,21-/m0/s1. The van der Waals surface area contributed by atoms with Gasteiger partial charge in [0.15, 0.2) is 5.65 Å². The maximum Gasteiger partial charge on any atom is 0.225 e. The van der Waals surface area contributed by atoms with E-state index < -0.39 is 24.2 Å². The molecule has 3 aromatic rings. The van der Waals surface area contributed by atoms with E-state index in [2.05, 4.69) is 52.0 Å². The van der Waals surface area contributed by atoms with E-state index in [9.17, 15) is 15.0 Å². The molecule has 1 aliphatic rings. The number of anilines is 1. The topological polar surface area (TPSA) is 112 Å². The molecule has 1 aliphatic carbocycles. The Bertz CT molecular complexity index is 1050. The maximum absolute atomic E-state index is 12.3. The van der Waals surface area contributed by atoms with Crippen LogP contribution in [0.4, 0.5) is 5.69 Å². The molecular formula is C23H31N5O3S. The van der Waals surface area contributed by atoms with Gasteiger partial charge in [-0.1, -0.05) is 19.9 Å². The van der Waals surface area contributed by atoms with Gasteiger partial charge in [-0.2, -0.15) is 0 Å². The highest BCUT2D eigenvalue weighted by Gasteiger charge is 2.46. The second-order valence-electron chi connectivity index (χ2n) is 8.75. The van der Waals surface area contributed by atoms with E-state index in [0.29, 0.717) is 30.0 Å². The van der Waals surface area contributed by atoms with Crippen molar-refractivity contribution >= 4 is 34.1 Å². The van der Waals surface area contributed by atoms with Gasteiger partial charge in [0.05, 0.1) is 30.1 Å². The maximum atomic E-state index is 12.3. The van der Waals surface area contributed by atoms with Gasteiger partial charge >= 0.3 is 0 Å². The highest BCUT2D eigenvalue weighted by atomic mass is 32.1. The zero-order valence-corrected chi connectivity index (χ0v) is 19.4. The van der Waals surface area contributed by atoms with E-state index in [4.69, 9.17) is 0 Å². The van der Waals surface area contributed by atoms with Crippen LogP contribution in [0.25, 0.3) is 11.2 Å². The fourth-order valence-corrected chi connectivity index (χ4v) is 5.21. The van der Waals surface area contributed by atoms with Gasteiger partial charge in [0.2, 0.25) is 5.91 Å². The molecule has 8 nitrogen and oxygen atoms in total. The van der Waals surface area contributed by atoms with Crippen molar-refractivity contribution in [3.05, 3.63) is 41.0 Å². The molecule has 9 heteroatoms. The number of pyridine rings is 1. The fraction of sp³-hybridized carbons (Fsp3) is 0.522. The number of thiophene rings is 1. The van der Waals surface area contributed by atoms with Gasteiger partial charge < -0.3 is 25.4 Å². The van der Waals surface area contributed by atoms with E-state index in [0.717, 1.165) is 12.1 Å². The van der Waals surface area contributed by atoms with Gasteiger partial charge in [-0.05, 0) is 36.8 Å². The number of aliphatic hydroxyl groups is 2. The Labute approximate surface area is 191 Å². The van der Waals surface area contributed by atoms with Gasteiger partial charge in [0.1, 0.15) is 11.6 Å². The number of carbonyl (C=O) groups is 1. The number of aromatic nitrogens is 3. The van der Waals surface area contributed by atoms with E-state index >= 15 is 0 Å². The second kappa shape index (κ2) is 9.56. The van der Waals surface area contributed by atoms with E-state index in [-0.39, 0.29) is 11.9 Å². The first-order chi connectivity index (χ1) is 15.4. The highest BCUT2D eigenvalue weighted by molar-refractivity contribution is 7.09. The number of rotatable bonds is 8. The number of fused-ring (bicyclic) bond motifs is 1. The molecule has 32 heavy (non-hydrogen) atoms. The zero-order valence-electron chi connectivity index (χ0n) is 18.6. The van der Waals surface area contributed by atoms with E-state index in [1.807, 2.05) is 13.0 Å². The lowest BCUT2D eigenvalue weighted by Gasteiger charge is -2.23. The van der Waals surface area contributed by atoms with Crippen LogP contribution in [0.5, 0.6) is 0 Å². The number of imidazole rings is 1. The first-order valence-corrected chi connectivity index (χ1v) is 12.0. The molecule has 4 rings (SSSR count). The van der Waals surface area contributed by atoms with Crippen LogP contribution in [-0.2, 0) is 11.2 Å². The van der Waals surface area contributed by atoms with Crippen molar-refractivity contribution in [2.45, 2.75) is 57.9 Å². The van der Waals surface area contributed by atoms with Crippen molar-refractivity contribution in [1.82, 2.24) is 19.9 Å². The van der Waals surface area contributed by atoms with Crippen LogP contribution in [0.3, 0.4) is 0 Å². The third-order valence-corrected chi connectivity index (χ3v) is 7.20. The van der Waals surface area contributed by atoms with Gasteiger partial charge in [0, 0.05) is 30.1 Å². The first-order valence-electron chi connectivity index (χ1n) is 11.1. The summed E-state index contributed by atoms with van der Waals surface area (Å²) in [6.07, 6.45) is 2.42. The van der Waals surface area contributed by atoms with Crippen molar-refractivity contribution < 1.29 is 15.0 Å². The molecule has 172 valence electrons. The molecule has 0 bridgehead atoms. The molecule has 5 atom stereocenters. The third kappa shape index (κ3) is 4.37. The minimum atomic E-state index is -1.12. The second-order valence-corrected chi connectivity index (χ2v) is 9.78. The molecule has 1 fully saturated rings. The van der Waals surface area contributed by atoms with E-state index in [1.54, 1.807) is 28.4 Å². The van der Waals surface area contributed by atoms with Crippen LogP contribution in [-0.4, -0.2) is 55.4 Å². The van der Waals surface area contributed by atoms with Crippen molar-refractivity contribution in [2.24, 2.45) is 11.8 Å². The van der Waals surface area contributed by atoms with Gasteiger partial charge in [0.25, 0.3) is 0 Å². The van der Waals surface area contributed by atoms with Crippen molar-refractivity contribution in [3.8, 4) is 0 Å².